The average molecular weight is 552 g/mol. The lowest BCUT2D eigenvalue weighted by atomic mass is 9.93. The number of aryl methyl sites for hydroxylation is 2. The third-order valence-electron chi connectivity index (χ3n) is 7.85. The summed E-state index contributed by atoms with van der Waals surface area (Å²) < 4.78 is 1.90. The highest BCUT2D eigenvalue weighted by Crippen LogP contribution is 2.40. The van der Waals surface area contributed by atoms with Crippen LogP contribution in [-0.4, -0.2) is 36.8 Å². The van der Waals surface area contributed by atoms with Crippen LogP contribution in [0.25, 0.3) is 45.0 Å². The van der Waals surface area contributed by atoms with E-state index in [0.29, 0.717) is 29.1 Å². The van der Waals surface area contributed by atoms with Gasteiger partial charge >= 0.3 is 0 Å². The number of nitrogens with one attached hydrogen (secondary N) is 1. The zero-order valence-corrected chi connectivity index (χ0v) is 23.6. The number of aromatic nitrogens is 6. The molecule has 3 aromatic carbocycles. The molecule has 4 heterocycles. The summed E-state index contributed by atoms with van der Waals surface area (Å²) in [6, 6.07) is 20.7. The molecule has 0 saturated heterocycles. The maximum atomic E-state index is 6.47. The lowest BCUT2D eigenvalue weighted by Gasteiger charge is -2.35. The van der Waals surface area contributed by atoms with Gasteiger partial charge in [-0.25, -0.2) is 24.6 Å². The Labute approximate surface area is 243 Å². The first-order valence-electron chi connectivity index (χ1n) is 13.7. The van der Waals surface area contributed by atoms with E-state index in [1.807, 2.05) is 29.9 Å². The quantitative estimate of drug-likeness (QED) is 0.260. The molecule has 0 bridgehead atoms. The van der Waals surface area contributed by atoms with Gasteiger partial charge < -0.3 is 16.0 Å². The summed E-state index contributed by atoms with van der Waals surface area (Å²) in [6.07, 6.45) is 5.25. The lowest BCUT2D eigenvalue weighted by molar-refractivity contribution is 0.689. The maximum absolute atomic E-state index is 6.47. The SMILES string of the molecule is C=C1c2c(C)cccc2C=C(Cn2nc(-c3ccc4ncnc(NC)c4c3)c3c(N)ncnc32)N1c1ccccc1C. The molecule has 0 saturated carbocycles. The summed E-state index contributed by atoms with van der Waals surface area (Å²) in [7, 11) is 1.84. The van der Waals surface area contributed by atoms with Crippen molar-refractivity contribution >= 4 is 51.0 Å². The molecule has 0 fully saturated rings. The first kappa shape index (κ1) is 25.4. The van der Waals surface area contributed by atoms with Gasteiger partial charge in [0.05, 0.1) is 17.4 Å². The molecule has 7 rings (SSSR count). The summed E-state index contributed by atoms with van der Waals surface area (Å²) in [5.74, 6) is 1.11. The van der Waals surface area contributed by atoms with Crippen molar-refractivity contribution in [2.45, 2.75) is 20.4 Å². The minimum atomic E-state index is 0.373. The Morgan fingerprint density at radius 3 is 2.55 bits per heavy atom. The Morgan fingerprint density at radius 2 is 1.71 bits per heavy atom. The zero-order chi connectivity index (χ0) is 29.0. The number of benzene rings is 3. The molecule has 42 heavy (non-hydrogen) atoms. The maximum Gasteiger partial charge on any atom is 0.164 e. The van der Waals surface area contributed by atoms with Crippen LogP contribution in [0.4, 0.5) is 17.3 Å². The van der Waals surface area contributed by atoms with E-state index in [0.717, 1.165) is 56.1 Å². The number of anilines is 3. The van der Waals surface area contributed by atoms with Crippen molar-refractivity contribution in [1.82, 2.24) is 29.7 Å². The first-order valence-corrected chi connectivity index (χ1v) is 13.7. The fraction of sp³-hybridized carbons (Fsp3) is 0.121. The van der Waals surface area contributed by atoms with Gasteiger partial charge in [0.15, 0.2) is 5.65 Å². The summed E-state index contributed by atoms with van der Waals surface area (Å²) in [4.78, 5) is 20.0. The molecular formula is C33H29N9. The zero-order valence-electron chi connectivity index (χ0n) is 23.6. The molecule has 0 spiro atoms. The van der Waals surface area contributed by atoms with Gasteiger partial charge in [-0.3, -0.25) is 0 Å². The van der Waals surface area contributed by atoms with Gasteiger partial charge in [-0.15, -0.1) is 0 Å². The van der Waals surface area contributed by atoms with E-state index in [2.05, 4.69) is 99.1 Å². The number of nitrogens with two attached hydrogens (primary N) is 1. The Morgan fingerprint density at radius 1 is 0.905 bits per heavy atom. The number of para-hydroxylation sites is 1. The molecule has 1 aliphatic rings. The van der Waals surface area contributed by atoms with E-state index < -0.39 is 0 Å². The van der Waals surface area contributed by atoms with Crippen molar-refractivity contribution < 1.29 is 0 Å². The van der Waals surface area contributed by atoms with Gasteiger partial charge in [0.2, 0.25) is 0 Å². The number of rotatable bonds is 5. The molecule has 0 atom stereocenters. The predicted octanol–water partition coefficient (Wildman–Crippen LogP) is 6.21. The number of allylic oxidation sites excluding steroid dienone is 1. The highest BCUT2D eigenvalue weighted by atomic mass is 15.3. The molecule has 6 aromatic rings. The number of nitrogen functional groups attached to an aromatic ring is 1. The molecule has 9 nitrogen and oxygen atoms in total. The van der Waals surface area contributed by atoms with Gasteiger partial charge in [0, 0.05) is 40.6 Å². The fourth-order valence-electron chi connectivity index (χ4n) is 5.86. The van der Waals surface area contributed by atoms with Crippen LogP contribution in [0.2, 0.25) is 0 Å². The van der Waals surface area contributed by atoms with E-state index in [4.69, 9.17) is 10.8 Å². The summed E-state index contributed by atoms with van der Waals surface area (Å²) in [5, 5.41) is 9.84. The minimum absolute atomic E-state index is 0.373. The van der Waals surface area contributed by atoms with Crippen LogP contribution in [0.5, 0.6) is 0 Å². The van der Waals surface area contributed by atoms with Crippen LogP contribution in [0.3, 0.4) is 0 Å². The van der Waals surface area contributed by atoms with Crippen molar-refractivity contribution in [3.8, 4) is 11.3 Å². The van der Waals surface area contributed by atoms with E-state index in [9.17, 15) is 0 Å². The largest absolute Gasteiger partial charge is 0.383 e. The smallest absolute Gasteiger partial charge is 0.164 e. The van der Waals surface area contributed by atoms with E-state index >= 15 is 0 Å². The molecule has 9 heteroatoms. The molecule has 3 aromatic heterocycles. The lowest BCUT2D eigenvalue weighted by Crippen LogP contribution is -2.28. The fourth-order valence-corrected chi connectivity index (χ4v) is 5.86. The molecule has 0 unspecified atom stereocenters. The van der Waals surface area contributed by atoms with Crippen molar-refractivity contribution in [2.24, 2.45) is 0 Å². The van der Waals surface area contributed by atoms with Crippen molar-refractivity contribution in [3.63, 3.8) is 0 Å². The van der Waals surface area contributed by atoms with Crippen LogP contribution in [0, 0.1) is 13.8 Å². The highest BCUT2D eigenvalue weighted by Gasteiger charge is 2.27. The number of fused-ring (bicyclic) bond motifs is 3. The van der Waals surface area contributed by atoms with Gasteiger partial charge in [-0.1, -0.05) is 49.0 Å². The van der Waals surface area contributed by atoms with E-state index in [-0.39, 0.29) is 0 Å². The Balaban J connectivity index is 1.42. The van der Waals surface area contributed by atoms with E-state index in [1.165, 1.54) is 11.9 Å². The molecule has 0 radical (unpaired) electrons. The average Bonchev–Trinajstić information content (AvgIpc) is 3.36. The first-order chi connectivity index (χ1) is 20.4. The summed E-state index contributed by atoms with van der Waals surface area (Å²) in [6.45, 7) is 9.25. The number of nitrogens with zero attached hydrogens (tertiary/aromatic N) is 7. The third-order valence-corrected chi connectivity index (χ3v) is 7.85. The van der Waals surface area contributed by atoms with Gasteiger partial charge in [-0.05, 0) is 54.8 Å². The molecule has 0 amide bonds. The standard InChI is InChI=1S/C33H29N9/c1-19-8-5-6-11-27(19)42-21(3)28-20(2)9-7-10-22(28)14-24(42)16-41-33-29(31(34)37-18-39-33)30(40-41)23-12-13-26-25(15-23)32(35-4)38-17-36-26/h5-15,17-18H,3,16H2,1-2,4H3,(H2,34,37,39)(H,35,36,38). The summed E-state index contributed by atoms with van der Waals surface area (Å²) in [5.41, 5.74) is 17.1. The highest BCUT2D eigenvalue weighted by molar-refractivity contribution is 6.01. The van der Waals surface area contributed by atoms with Gasteiger partial charge in [-0.2, -0.15) is 5.10 Å². The van der Waals surface area contributed by atoms with Crippen LogP contribution in [0.1, 0.15) is 22.3 Å². The normalized spacial score (nSPS) is 13.0. The summed E-state index contributed by atoms with van der Waals surface area (Å²) >= 11 is 0. The predicted molar refractivity (Wildman–Crippen MR) is 170 cm³/mol. The second-order valence-electron chi connectivity index (χ2n) is 10.4. The second-order valence-corrected chi connectivity index (χ2v) is 10.4. The minimum Gasteiger partial charge on any atom is -0.383 e. The van der Waals surface area contributed by atoms with Crippen molar-refractivity contribution in [1.29, 1.82) is 0 Å². The van der Waals surface area contributed by atoms with Crippen molar-refractivity contribution in [2.75, 3.05) is 23.0 Å². The van der Waals surface area contributed by atoms with Crippen LogP contribution in [-0.2, 0) is 6.54 Å². The van der Waals surface area contributed by atoms with Crippen LogP contribution < -0.4 is 16.0 Å². The molecule has 3 N–H and O–H groups in total. The molecule has 1 aliphatic heterocycles. The van der Waals surface area contributed by atoms with Crippen molar-refractivity contribution in [3.05, 3.63) is 108 Å². The third kappa shape index (κ3) is 3.97. The monoisotopic (exact) mass is 551 g/mol. The molecule has 0 aliphatic carbocycles. The number of hydrogen-bond donors (Lipinski definition) is 2. The Kier molecular flexibility index (Phi) is 5.93. The Bertz CT molecular complexity index is 2070. The Hall–Kier alpha value is -5.57. The van der Waals surface area contributed by atoms with Gasteiger partial charge in [0.25, 0.3) is 0 Å². The van der Waals surface area contributed by atoms with Gasteiger partial charge in [0.1, 0.15) is 30.0 Å². The van der Waals surface area contributed by atoms with Crippen LogP contribution >= 0.6 is 0 Å². The van der Waals surface area contributed by atoms with Crippen LogP contribution in [0.15, 0.2) is 85.6 Å². The molecule has 206 valence electrons. The van der Waals surface area contributed by atoms with E-state index in [1.54, 1.807) is 6.33 Å². The second kappa shape index (κ2) is 9.81. The number of hydrogen-bond acceptors (Lipinski definition) is 8. The topological polar surface area (TPSA) is 111 Å². The molecular weight excluding hydrogens is 522 g/mol.